The molecule has 0 spiro atoms. The summed E-state index contributed by atoms with van der Waals surface area (Å²) in [4.78, 5) is 0. The summed E-state index contributed by atoms with van der Waals surface area (Å²) in [7, 11) is 0. The van der Waals surface area contributed by atoms with Gasteiger partial charge in [-0.1, -0.05) is 19.9 Å². The molecule has 0 aliphatic heterocycles. The Morgan fingerprint density at radius 3 is 2.38 bits per heavy atom. The van der Waals surface area contributed by atoms with Gasteiger partial charge in [0.2, 0.25) is 0 Å². The number of hydrogen-bond donors (Lipinski definition) is 1. The molecule has 0 unspecified atom stereocenters. The highest BCUT2D eigenvalue weighted by Crippen LogP contribution is 2.19. The molecule has 16 heavy (non-hydrogen) atoms. The number of aryl methyl sites for hydroxylation is 1. The van der Waals surface area contributed by atoms with Crippen molar-refractivity contribution >= 4 is 0 Å². The Bertz CT molecular complexity index is 316. The molecule has 0 fully saturated rings. The van der Waals surface area contributed by atoms with Crippen LogP contribution in [0, 0.1) is 12.7 Å². The van der Waals surface area contributed by atoms with Gasteiger partial charge in [-0.05, 0) is 38.5 Å². The van der Waals surface area contributed by atoms with E-state index in [2.05, 4.69) is 0 Å². The highest BCUT2D eigenvalue weighted by Gasteiger charge is 2.14. The van der Waals surface area contributed by atoms with Crippen LogP contribution in [0.15, 0.2) is 18.2 Å². The molecule has 0 saturated carbocycles. The molecule has 0 saturated heterocycles. The summed E-state index contributed by atoms with van der Waals surface area (Å²) in [5.41, 5.74) is -0.0203. The van der Waals surface area contributed by atoms with Crippen LogP contribution in [0.5, 0.6) is 5.75 Å². The van der Waals surface area contributed by atoms with Gasteiger partial charge in [0, 0.05) is 0 Å². The van der Waals surface area contributed by atoms with Gasteiger partial charge in [0.05, 0.1) is 5.60 Å². The molecular formula is C13H21FO2. The van der Waals surface area contributed by atoms with Crippen molar-refractivity contribution in [2.45, 2.75) is 40.2 Å². The topological polar surface area (TPSA) is 29.5 Å². The molecule has 1 aromatic rings. The molecule has 2 nitrogen and oxygen atoms in total. The van der Waals surface area contributed by atoms with E-state index in [1.54, 1.807) is 26.0 Å². The zero-order valence-corrected chi connectivity index (χ0v) is 10.7. The zero-order valence-electron chi connectivity index (χ0n) is 10.7. The van der Waals surface area contributed by atoms with E-state index < -0.39 is 11.4 Å². The SMILES string of the molecule is CC.Cc1ccc(F)c(OCC(C)(C)O)c1. The van der Waals surface area contributed by atoms with E-state index in [1.807, 2.05) is 20.8 Å². The van der Waals surface area contributed by atoms with Crippen molar-refractivity contribution in [2.24, 2.45) is 0 Å². The number of benzene rings is 1. The maximum absolute atomic E-state index is 13.1. The average Bonchev–Trinajstić information content (AvgIpc) is 2.21. The predicted molar refractivity (Wildman–Crippen MR) is 64.3 cm³/mol. The fourth-order valence-electron chi connectivity index (χ4n) is 0.976. The fraction of sp³-hybridized carbons (Fsp3) is 0.538. The van der Waals surface area contributed by atoms with Gasteiger partial charge >= 0.3 is 0 Å². The summed E-state index contributed by atoms with van der Waals surface area (Å²) in [6, 6.07) is 4.64. The second-order valence-electron chi connectivity index (χ2n) is 4.03. The van der Waals surface area contributed by atoms with Gasteiger partial charge in [-0.3, -0.25) is 0 Å². The predicted octanol–water partition coefficient (Wildman–Crippen LogP) is 3.31. The highest BCUT2D eigenvalue weighted by molar-refractivity contribution is 5.29. The Kier molecular flexibility index (Phi) is 6.04. The molecule has 0 atom stereocenters. The van der Waals surface area contributed by atoms with Crippen LogP contribution in [0.3, 0.4) is 0 Å². The van der Waals surface area contributed by atoms with Gasteiger partial charge < -0.3 is 9.84 Å². The first-order chi connectivity index (χ1) is 7.38. The Hall–Kier alpha value is -1.09. The molecule has 1 aromatic carbocycles. The maximum atomic E-state index is 13.1. The second kappa shape index (κ2) is 6.48. The lowest BCUT2D eigenvalue weighted by Crippen LogP contribution is -2.28. The monoisotopic (exact) mass is 228 g/mol. The van der Waals surface area contributed by atoms with E-state index in [4.69, 9.17) is 4.74 Å². The molecule has 0 bridgehead atoms. The molecule has 0 amide bonds. The summed E-state index contributed by atoms with van der Waals surface area (Å²) in [6.45, 7) is 9.16. The van der Waals surface area contributed by atoms with Gasteiger partial charge in [-0.15, -0.1) is 0 Å². The van der Waals surface area contributed by atoms with E-state index in [-0.39, 0.29) is 12.4 Å². The molecular weight excluding hydrogens is 207 g/mol. The van der Waals surface area contributed by atoms with Crippen LogP contribution in [0.1, 0.15) is 33.3 Å². The summed E-state index contributed by atoms with van der Waals surface area (Å²) in [5, 5.41) is 9.39. The van der Waals surface area contributed by atoms with Crippen molar-refractivity contribution in [1.82, 2.24) is 0 Å². The van der Waals surface area contributed by atoms with Gasteiger partial charge in [-0.25, -0.2) is 4.39 Å². The lowest BCUT2D eigenvalue weighted by Gasteiger charge is -2.18. The summed E-state index contributed by atoms with van der Waals surface area (Å²) >= 11 is 0. The second-order valence-corrected chi connectivity index (χ2v) is 4.03. The quantitative estimate of drug-likeness (QED) is 0.860. The van der Waals surface area contributed by atoms with Crippen molar-refractivity contribution < 1.29 is 14.2 Å². The van der Waals surface area contributed by atoms with Crippen molar-refractivity contribution in [3.05, 3.63) is 29.6 Å². The number of aliphatic hydroxyl groups is 1. The number of ether oxygens (including phenoxy) is 1. The lowest BCUT2D eigenvalue weighted by atomic mass is 10.1. The lowest BCUT2D eigenvalue weighted by molar-refractivity contribution is 0.0271. The Morgan fingerprint density at radius 1 is 1.31 bits per heavy atom. The van der Waals surface area contributed by atoms with E-state index >= 15 is 0 Å². The van der Waals surface area contributed by atoms with Gasteiger partial charge in [0.1, 0.15) is 6.61 Å². The van der Waals surface area contributed by atoms with Crippen LogP contribution >= 0.6 is 0 Å². The van der Waals surface area contributed by atoms with E-state index in [1.165, 1.54) is 6.07 Å². The molecule has 0 aromatic heterocycles. The Balaban J connectivity index is 0.00000106. The summed E-state index contributed by atoms with van der Waals surface area (Å²) in [5.74, 6) is -0.216. The number of hydrogen-bond acceptors (Lipinski definition) is 2. The number of rotatable bonds is 3. The number of halogens is 1. The minimum atomic E-state index is -0.948. The van der Waals surface area contributed by atoms with Crippen LogP contribution in [0.2, 0.25) is 0 Å². The van der Waals surface area contributed by atoms with E-state index in [9.17, 15) is 9.50 Å². The molecule has 92 valence electrons. The third kappa shape index (κ3) is 5.71. The average molecular weight is 228 g/mol. The molecule has 3 heteroatoms. The first-order valence-electron chi connectivity index (χ1n) is 5.50. The Morgan fingerprint density at radius 2 is 1.88 bits per heavy atom. The molecule has 1 N–H and O–H groups in total. The van der Waals surface area contributed by atoms with E-state index in [0.29, 0.717) is 0 Å². The standard InChI is InChI=1S/C11H15FO2.C2H6/c1-8-4-5-9(12)10(6-8)14-7-11(2,3)13;1-2/h4-6,13H,7H2,1-3H3;1-2H3. The minimum Gasteiger partial charge on any atom is -0.488 e. The van der Waals surface area contributed by atoms with Crippen molar-refractivity contribution in [2.75, 3.05) is 6.61 Å². The fourth-order valence-corrected chi connectivity index (χ4v) is 0.976. The molecule has 1 rings (SSSR count). The van der Waals surface area contributed by atoms with Crippen molar-refractivity contribution in [3.63, 3.8) is 0 Å². The zero-order chi connectivity index (χ0) is 12.8. The van der Waals surface area contributed by atoms with Crippen molar-refractivity contribution in [3.8, 4) is 5.75 Å². The molecule has 0 heterocycles. The maximum Gasteiger partial charge on any atom is 0.165 e. The van der Waals surface area contributed by atoms with Crippen LogP contribution in [0.4, 0.5) is 4.39 Å². The minimum absolute atomic E-state index is 0.0768. The smallest absolute Gasteiger partial charge is 0.165 e. The third-order valence-electron chi connectivity index (χ3n) is 1.67. The van der Waals surface area contributed by atoms with Gasteiger partial charge in [0.15, 0.2) is 11.6 Å². The molecule has 0 aliphatic carbocycles. The normalized spacial score (nSPS) is 10.4. The summed E-state index contributed by atoms with van der Waals surface area (Å²) in [6.07, 6.45) is 0. The van der Waals surface area contributed by atoms with Crippen LogP contribution < -0.4 is 4.74 Å². The van der Waals surface area contributed by atoms with Crippen LogP contribution in [0.25, 0.3) is 0 Å². The molecule has 0 aliphatic rings. The van der Waals surface area contributed by atoms with Crippen LogP contribution in [-0.4, -0.2) is 17.3 Å². The highest BCUT2D eigenvalue weighted by atomic mass is 19.1. The first kappa shape index (κ1) is 14.9. The summed E-state index contributed by atoms with van der Waals surface area (Å²) < 4.78 is 18.3. The Labute approximate surface area is 97.1 Å². The van der Waals surface area contributed by atoms with E-state index in [0.717, 1.165) is 5.56 Å². The first-order valence-corrected chi connectivity index (χ1v) is 5.50. The molecule has 0 radical (unpaired) electrons. The van der Waals surface area contributed by atoms with Gasteiger partial charge in [-0.2, -0.15) is 0 Å². The van der Waals surface area contributed by atoms with Crippen molar-refractivity contribution in [1.29, 1.82) is 0 Å². The van der Waals surface area contributed by atoms with Gasteiger partial charge in [0.25, 0.3) is 0 Å². The largest absolute Gasteiger partial charge is 0.488 e. The third-order valence-corrected chi connectivity index (χ3v) is 1.67. The van der Waals surface area contributed by atoms with Crippen LogP contribution in [-0.2, 0) is 0 Å².